The highest BCUT2D eigenvalue weighted by molar-refractivity contribution is 6.09. The van der Waals surface area contributed by atoms with E-state index in [9.17, 15) is 13.2 Å². The highest BCUT2D eigenvalue weighted by Gasteiger charge is 2.31. The molecule has 30 heavy (non-hydrogen) atoms. The number of aryl methyl sites for hydroxylation is 1. The second-order valence-electron chi connectivity index (χ2n) is 7.35. The molecule has 5 aromatic rings. The van der Waals surface area contributed by atoms with Gasteiger partial charge in [-0.05, 0) is 55.0 Å². The van der Waals surface area contributed by atoms with Crippen LogP contribution in [0.5, 0.6) is 0 Å². The number of nitrogens with zero attached hydrogens (tertiary/aromatic N) is 2. The number of alkyl halides is 3. The SMILES string of the molecule is Cc1cc(-c2cc(-n3c4ccccc4c4ccccc43)ccn2)cc(C(F)(F)F)c1. The molecule has 148 valence electrons. The largest absolute Gasteiger partial charge is 0.416 e. The molecular formula is C25H17F3N2. The Morgan fingerprint density at radius 1 is 0.767 bits per heavy atom. The molecule has 3 aromatic carbocycles. The lowest BCUT2D eigenvalue weighted by Gasteiger charge is -2.12. The molecule has 0 unspecified atom stereocenters. The van der Waals surface area contributed by atoms with Gasteiger partial charge in [-0.15, -0.1) is 0 Å². The molecule has 0 radical (unpaired) electrons. The lowest BCUT2D eigenvalue weighted by atomic mass is 10.0. The van der Waals surface area contributed by atoms with Crippen LogP contribution in [0.3, 0.4) is 0 Å². The third kappa shape index (κ3) is 3.03. The molecule has 0 bridgehead atoms. The Hall–Kier alpha value is -3.60. The summed E-state index contributed by atoms with van der Waals surface area (Å²) in [5.41, 5.74) is 3.76. The fourth-order valence-electron chi connectivity index (χ4n) is 4.01. The van der Waals surface area contributed by atoms with Crippen molar-refractivity contribution in [2.45, 2.75) is 13.1 Å². The van der Waals surface area contributed by atoms with E-state index in [4.69, 9.17) is 0 Å². The summed E-state index contributed by atoms with van der Waals surface area (Å²) in [5, 5.41) is 2.25. The molecule has 0 aliphatic carbocycles. The maximum atomic E-state index is 13.3. The van der Waals surface area contributed by atoms with Crippen molar-refractivity contribution in [3.8, 4) is 16.9 Å². The molecule has 0 aliphatic heterocycles. The van der Waals surface area contributed by atoms with Crippen molar-refractivity contribution in [1.82, 2.24) is 9.55 Å². The first-order valence-corrected chi connectivity index (χ1v) is 9.56. The van der Waals surface area contributed by atoms with E-state index in [1.807, 2.05) is 48.5 Å². The molecule has 5 heteroatoms. The van der Waals surface area contributed by atoms with Crippen molar-refractivity contribution >= 4 is 21.8 Å². The second-order valence-corrected chi connectivity index (χ2v) is 7.35. The number of fused-ring (bicyclic) bond motifs is 3. The normalized spacial score (nSPS) is 12.0. The third-order valence-electron chi connectivity index (χ3n) is 5.28. The van der Waals surface area contributed by atoms with E-state index in [0.717, 1.165) is 39.6 Å². The molecule has 0 fully saturated rings. The van der Waals surface area contributed by atoms with Crippen LogP contribution in [0.2, 0.25) is 0 Å². The molecule has 0 spiro atoms. The Kier molecular flexibility index (Phi) is 4.13. The van der Waals surface area contributed by atoms with Crippen LogP contribution in [0.25, 0.3) is 38.8 Å². The molecule has 0 aliphatic rings. The zero-order chi connectivity index (χ0) is 20.9. The van der Waals surface area contributed by atoms with E-state index in [1.165, 1.54) is 0 Å². The number of pyridine rings is 1. The fraction of sp³-hybridized carbons (Fsp3) is 0.0800. The van der Waals surface area contributed by atoms with Crippen molar-refractivity contribution in [3.05, 3.63) is 96.2 Å². The van der Waals surface area contributed by atoms with Gasteiger partial charge < -0.3 is 4.57 Å². The number of rotatable bonds is 2. The van der Waals surface area contributed by atoms with Gasteiger partial charge in [-0.2, -0.15) is 13.2 Å². The highest BCUT2D eigenvalue weighted by Crippen LogP contribution is 2.35. The Morgan fingerprint density at radius 2 is 1.40 bits per heavy atom. The highest BCUT2D eigenvalue weighted by atomic mass is 19.4. The van der Waals surface area contributed by atoms with Crippen LogP contribution < -0.4 is 0 Å². The number of hydrogen-bond donors (Lipinski definition) is 0. The minimum absolute atomic E-state index is 0.449. The number of hydrogen-bond acceptors (Lipinski definition) is 1. The van der Waals surface area contributed by atoms with E-state index in [1.54, 1.807) is 19.2 Å². The predicted molar refractivity (Wildman–Crippen MR) is 114 cm³/mol. The van der Waals surface area contributed by atoms with Crippen molar-refractivity contribution < 1.29 is 13.2 Å². The average Bonchev–Trinajstić information content (AvgIpc) is 3.07. The number of halogens is 3. The minimum atomic E-state index is -4.40. The third-order valence-corrected chi connectivity index (χ3v) is 5.28. The van der Waals surface area contributed by atoms with Crippen molar-refractivity contribution in [2.75, 3.05) is 0 Å². The van der Waals surface area contributed by atoms with Crippen molar-refractivity contribution in [3.63, 3.8) is 0 Å². The van der Waals surface area contributed by atoms with Crippen LogP contribution >= 0.6 is 0 Å². The summed E-state index contributed by atoms with van der Waals surface area (Å²) < 4.78 is 42.0. The monoisotopic (exact) mass is 402 g/mol. The first kappa shape index (κ1) is 18.4. The number of para-hydroxylation sites is 2. The van der Waals surface area contributed by atoms with Gasteiger partial charge in [0.25, 0.3) is 0 Å². The average molecular weight is 402 g/mol. The lowest BCUT2D eigenvalue weighted by molar-refractivity contribution is -0.137. The summed E-state index contributed by atoms with van der Waals surface area (Å²) in [4.78, 5) is 4.36. The standard InChI is InChI=1S/C25H17F3N2/c1-16-12-17(14-18(13-16)25(26,27)28)22-15-19(10-11-29-22)30-23-8-4-2-6-20(23)21-7-3-5-9-24(21)30/h2-15H,1H3. The minimum Gasteiger partial charge on any atom is -0.309 e. The summed E-state index contributed by atoms with van der Waals surface area (Å²) in [5.74, 6) is 0. The summed E-state index contributed by atoms with van der Waals surface area (Å²) in [7, 11) is 0. The van der Waals surface area contributed by atoms with Crippen LogP contribution in [-0.4, -0.2) is 9.55 Å². The van der Waals surface area contributed by atoms with Crippen LogP contribution in [-0.2, 0) is 6.18 Å². The van der Waals surface area contributed by atoms with E-state index >= 15 is 0 Å². The zero-order valence-corrected chi connectivity index (χ0v) is 16.1. The molecule has 2 heterocycles. The predicted octanol–water partition coefficient (Wildman–Crippen LogP) is 7.17. The number of aromatic nitrogens is 2. The smallest absolute Gasteiger partial charge is 0.309 e. The maximum absolute atomic E-state index is 13.3. The lowest BCUT2D eigenvalue weighted by Crippen LogP contribution is -2.05. The molecule has 0 saturated carbocycles. The van der Waals surface area contributed by atoms with E-state index in [0.29, 0.717) is 16.8 Å². The number of benzene rings is 3. The first-order valence-electron chi connectivity index (χ1n) is 9.56. The van der Waals surface area contributed by atoms with Gasteiger partial charge in [0.2, 0.25) is 0 Å². The molecular weight excluding hydrogens is 385 g/mol. The molecule has 0 saturated heterocycles. The molecule has 2 aromatic heterocycles. The van der Waals surface area contributed by atoms with Gasteiger partial charge in [0, 0.05) is 28.2 Å². The van der Waals surface area contributed by atoms with E-state index in [2.05, 4.69) is 21.7 Å². The molecule has 0 N–H and O–H groups in total. The fourth-order valence-corrected chi connectivity index (χ4v) is 4.01. The summed E-state index contributed by atoms with van der Waals surface area (Å²) in [6.45, 7) is 1.66. The summed E-state index contributed by atoms with van der Waals surface area (Å²) >= 11 is 0. The van der Waals surface area contributed by atoms with Crippen molar-refractivity contribution in [2.24, 2.45) is 0 Å². The van der Waals surface area contributed by atoms with Crippen LogP contribution in [0.4, 0.5) is 13.2 Å². The van der Waals surface area contributed by atoms with Gasteiger partial charge in [-0.1, -0.05) is 36.4 Å². The van der Waals surface area contributed by atoms with Crippen molar-refractivity contribution in [1.29, 1.82) is 0 Å². The first-order chi connectivity index (χ1) is 14.4. The van der Waals surface area contributed by atoms with Crippen LogP contribution in [0, 0.1) is 6.92 Å². The van der Waals surface area contributed by atoms with Gasteiger partial charge in [0.1, 0.15) is 0 Å². The second kappa shape index (κ2) is 6.73. The Labute approximate surface area is 171 Å². The molecule has 0 atom stereocenters. The van der Waals surface area contributed by atoms with Gasteiger partial charge >= 0.3 is 6.18 Å². The van der Waals surface area contributed by atoms with Gasteiger partial charge in [-0.3, -0.25) is 4.98 Å². The van der Waals surface area contributed by atoms with Gasteiger partial charge in [0.15, 0.2) is 0 Å². The molecule has 5 rings (SSSR count). The van der Waals surface area contributed by atoms with Gasteiger partial charge in [0.05, 0.1) is 22.3 Å². The van der Waals surface area contributed by atoms with Crippen LogP contribution in [0.15, 0.2) is 85.1 Å². The quantitative estimate of drug-likeness (QED) is 0.306. The molecule has 2 nitrogen and oxygen atoms in total. The summed E-state index contributed by atoms with van der Waals surface area (Å²) in [6, 6.07) is 24.0. The zero-order valence-electron chi connectivity index (χ0n) is 16.1. The molecule has 0 amide bonds. The van der Waals surface area contributed by atoms with Gasteiger partial charge in [-0.25, -0.2) is 0 Å². The summed E-state index contributed by atoms with van der Waals surface area (Å²) in [6.07, 6.45) is -2.75. The Balaban J connectivity index is 1.73. The van der Waals surface area contributed by atoms with E-state index < -0.39 is 11.7 Å². The Bertz CT molecular complexity index is 1340. The maximum Gasteiger partial charge on any atom is 0.416 e. The topological polar surface area (TPSA) is 17.8 Å². The van der Waals surface area contributed by atoms with E-state index in [-0.39, 0.29) is 0 Å². The van der Waals surface area contributed by atoms with Crippen LogP contribution in [0.1, 0.15) is 11.1 Å². The Morgan fingerprint density at radius 3 is 2.03 bits per heavy atom.